The molecule has 1 aromatic rings. The summed E-state index contributed by atoms with van der Waals surface area (Å²) in [6.07, 6.45) is 2.56. The van der Waals surface area contributed by atoms with Crippen molar-refractivity contribution in [3.05, 3.63) is 29.3 Å². The maximum Gasteiger partial charge on any atom is 0.119 e. The first-order chi connectivity index (χ1) is 8.22. The Morgan fingerprint density at radius 3 is 2.71 bits per heavy atom. The standard InChI is InChI=1S/C15H21NO/c1-4-13-11-14(17-5-2)8-9-15(13)12(3)7-6-10-16/h8-9,11-12H,4-7H2,1-3H3. The molecule has 0 spiro atoms. The first-order valence-electron chi connectivity index (χ1n) is 6.35. The Bertz CT molecular complexity index is 392. The Morgan fingerprint density at radius 1 is 1.35 bits per heavy atom. The summed E-state index contributed by atoms with van der Waals surface area (Å²) in [4.78, 5) is 0. The molecule has 0 saturated heterocycles. The van der Waals surface area contributed by atoms with Crippen LogP contribution >= 0.6 is 0 Å². The Labute approximate surface area is 104 Å². The third-order valence-electron chi connectivity index (χ3n) is 3.03. The molecular weight excluding hydrogens is 210 g/mol. The lowest BCUT2D eigenvalue weighted by Gasteiger charge is -2.16. The van der Waals surface area contributed by atoms with Crippen molar-refractivity contribution in [3.63, 3.8) is 0 Å². The number of hydrogen-bond donors (Lipinski definition) is 0. The lowest BCUT2D eigenvalue weighted by molar-refractivity contribution is 0.339. The van der Waals surface area contributed by atoms with Gasteiger partial charge in [-0.3, -0.25) is 0 Å². The second-order valence-electron chi connectivity index (χ2n) is 4.25. The van der Waals surface area contributed by atoms with Crippen molar-refractivity contribution in [2.45, 2.75) is 46.0 Å². The number of benzene rings is 1. The molecule has 92 valence electrons. The minimum atomic E-state index is 0.445. The number of aryl methyl sites for hydroxylation is 1. The largest absolute Gasteiger partial charge is 0.494 e. The van der Waals surface area contributed by atoms with E-state index >= 15 is 0 Å². The Hall–Kier alpha value is -1.49. The zero-order chi connectivity index (χ0) is 12.7. The van der Waals surface area contributed by atoms with Crippen LogP contribution in [0.5, 0.6) is 5.75 Å². The van der Waals surface area contributed by atoms with Crippen molar-refractivity contribution in [3.8, 4) is 11.8 Å². The van der Waals surface area contributed by atoms with E-state index in [1.807, 2.05) is 13.0 Å². The highest BCUT2D eigenvalue weighted by Crippen LogP contribution is 2.27. The summed E-state index contributed by atoms with van der Waals surface area (Å²) < 4.78 is 5.51. The lowest BCUT2D eigenvalue weighted by atomic mass is 9.91. The van der Waals surface area contributed by atoms with Gasteiger partial charge >= 0.3 is 0 Å². The summed E-state index contributed by atoms with van der Waals surface area (Å²) in [5.41, 5.74) is 2.69. The molecule has 0 radical (unpaired) electrons. The fraction of sp³-hybridized carbons (Fsp3) is 0.533. The van der Waals surface area contributed by atoms with Crippen LogP contribution in [-0.4, -0.2) is 6.61 Å². The predicted octanol–water partition coefficient (Wildman–Crippen LogP) is 4.05. The first kappa shape index (κ1) is 13.6. The van der Waals surface area contributed by atoms with Crippen molar-refractivity contribution in [1.29, 1.82) is 5.26 Å². The Kier molecular flexibility index (Phi) is 5.56. The molecule has 0 saturated carbocycles. The highest BCUT2D eigenvalue weighted by molar-refractivity contribution is 5.37. The summed E-state index contributed by atoms with van der Waals surface area (Å²) in [5.74, 6) is 1.39. The number of hydrogen-bond acceptors (Lipinski definition) is 2. The lowest BCUT2D eigenvalue weighted by Crippen LogP contribution is -2.00. The van der Waals surface area contributed by atoms with Gasteiger partial charge in [0, 0.05) is 6.42 Å². The summed E-state index contributed by atoms with van der Waals surface area (Å²) in [7, 11) is 0. The van der Waals surface area contributed by atoms with Crippen LogP contribution in [0.15, 0.2) is 18.2 Å². The fourth-order valence-electron chi connectivity index (χ4n) is 2.06. The number of ether oxygens (including phenoxy) is 1. The van der Waals surface area contributed by atoms with E-state index in [0.717, 1.165) is 18.6 Å². The third kappa shape index (κ3) is 3.78. The van der Waals surface area contributed by atoms with Gasteiger partial charge in [0.15, 0.2) is 0 Å². The van der Waals surface area contributed by atoms with Crippen LogP contribution in [0.3, 0.4) is 0 Å². The van der Waals surface area contributed by atoms with Crippen LogP contribution in [0, 0.1) is 11.3 Å². The topological polar surface area (TPSA) is 33.0 Å². The molecule has 17 heavy (non-hydrogen) atoms. The first-order valence-corrected chi connectivity index (χ1v) is 6.35. The van der Waals surface area contributed by atoms with Crippen LogP contribution in [-0.2, 0) is 6.42 Å². The molecule has 2 heteroatoms. The summed E-state index contributed by atoms with van der Waals surface area (Å²) in [6, 6.07) is 8.51. The monoisotopic (exact) mass is 231 g/mol. The van der Waals surface area contributed by atoms with Gasteiger partial charge in [-0.25, -0.2) is 0 Å². The molecule has 0 fully saturated rings. The second kappa shape index (κ2) is 6.96. The van der Waals surface area contributed by atoms with E-state index in [-0.39, 0.29) is 0 Å². The van der Waals surface area contributed by atoms with E-state index in [9.17, 15) is 0 Å². The van der Waals surface area contributed by atoms with Crippen LogP contribution in [0.25, 0.3) is 0 Å². The highest BCUT2D eigenvalue weighted by atomic mass is 16.5. The van der Waals surface area contributed by atoms with Crippen molar-refractivity contribution in [2.24, 2.45) is 0 Å². The maximum atomic E-state index is 8.63. The molecule has 0 N–H and O–H groups in total. The van der Waals surface area contributed by atoms with Gasteiger partial charge in [-0.15, -0.1) is 0 Å². The number of rotatable bonds is 6. The minimum Gasteiger partial charge on any atom is -0.494 e. The summed E-state index contributed by atoms with van der Waals surface area (Å²) >= 11 is 0. The van der Waals surface area contributed by atoms with Gasteiger partial charge in [0.1, 0.15) is 5.75 Å². The molecule has 0 heterocycles. The van der Waals surface area contributed by atoms with Gasteiger partial charge in [-0.1, -0.05) is 19.9 Å². The van der Waals surface area contributed by atoms with Crippen molar-refractivity contribution >= 4 is 0 Å². The average Bonchev–Trinajstić information content (AvgIpc) is 2.36. The summed E-state index contributed by atoms with van der Waals surface area (Å²) in [5, 5.41) is 8.63. The van der Waals surface area contributed by atoms with Crippen LogP contribution in [0.2, 0.25) is 0 Å². The average molecular weight is 231 g/mol. The quantitative estimate of drug-likeness (QED) is 0.739. The van der Waals surface area contributed by atoms with E-state index in [1.54, 1.807) is 0 Å². The minimum absolute atomic E-state index is 0.445. The molecule has 0 bridgehead atoms. The highest BCUT2D eigenvalue weighted by Gasteiger charge is 2.10. The molecular formula is C15H21NO. The van der Waals surface area contributed by atoms with Crippen molar-refractivity contribution < 1.29 is 4.74 Å². The molecule has 0 amide bonds. The van der Waals surface area contributed by atoms with Crippen LogP contribution in [0.4, 0.5) is 0 Å². The SMILES string of the molecule is CCOc1ccc(C(C)CCC#N)c(CC)c1. The van der Waals surface area contributed by atoms with Gasteiger partial charge in [-0.05, 0) is 48.9 Å². The second-order valence-corrected chi connectivity index (χ2v) is 4.25. The molecule has 1 rings (SSSR count). The molecule has 0 aromatic heterocycles. The van der Waals surface area contributed by atoms with Gasteiger partial charge in [0.25, 0.3) is 0 Å². The molecule has 1 aromatic carbocycles. The maximum absolute atomic E-state index is 8.63. The van der Waals surface area contributed by atoms with Gasteiger partial charge in [0.05, 0.1) is 12.7 Å². The summed E-state index contributed by atoms with van der Waals surface area (Å²) in [6.45, 7) is 7.04. The van der Waals surface area contributed by atoms with E-state index < -0.39 is 0 Å². The normalized spacial score (nSPS) is 11.9. The molecule has 2 nitrogen and oxygen atoms in total. The van der Waals surface area contributed by atoms with E-state index in [1.165, 1.54) is 11.1 Å². The zero-order valence-electron chi connectivity index (χ0n) is 11.0. The Morgan fingerprint density at radius 2 is 2.12 bits per heavy atom. The van der Waals surface area contributed by atoms with E-state index in [2.05, 4.69) is 32.0 Å². The smallest absolute Gasteiger partial charge is 0.119 e. The van der Waals surface area contributed by atoms with Gasteiger partial charge < -0.3 is 4.74 Å². The third-order valence-corrected chi connectivity index (χ3v) is 3.03. The zero-order valence-corrected chi connectivity index (χ0v) is 11.0. The fourth-order valence-corrected chi connectivity index (χ4v) is 2.06. The molecule has 0 aliphatic rings. The van der Waals surface area contributed by atoms with E-state index in [0.29, 0.717) is 18.9 Å². The van der Waals surface area contributed by atoms with E-state index in [4.69, 9.17) is 10.00 Å². The Balaban J connectivity index is 2.88. The van der Waals surface area contributed by atoms with Gasteiger partial charge in [-0.2, -0.15) is 5.26 Å². The number of nitrogens with zero attached hydrogens (tertiary/aromatic N) is 1. The number of nitriles is 1. The van der Waals surface area contributed by atoms with Gasteiger partial charge in [0.2, 0.25) is 0 Å². The molecule has 1 unspecified atom stereocenters. The van der Waals surface area contributed by atoms with Crippen LogP contribution < -0.4 is 4.74 Å². The molecule has 1 atom stereocenters. The van der Waals surface area contributed by atoms with Crippen molar-refractivity contribution in [2.75, 3.05) is 6.61 Å². The molecule has 0 aliphatic carbocycles. The van der Waals surface area contributed by atoms with Crippen molar-refractivity contribution in [1.82, 2.24) is 0 Å². The predicted molar refractivity (Wildman–Crippen MR) is 70.3 cm³/mol. The molecule has 0 aliphatic heterocycles. The van der Waals surface area contributed by atoms with Crippen LogP contribution in [0.1, 0.15) is 50.7 Å².